The Labute approximate surface area is 86.0 Å². The lowest BCUT2D eigenvalue weighted by atomic mass is 10.3. The smallest absolute Gasteiger partial charge is 0.156 e. The van der Waals surface area contributed by atoms with E-state index in [4.69, 9.17) is 14.6 Å². The van der Waals surface area contributed by atoms with Gasteiger partial charge in [0.15, 0.2) is 11.5 Å². The van der Waals surface area contributed by atoms with Gasteiger partial charge in [0, 0.05) is 0 Å². The summed E-state index contributed by atoms with van der Waals surface area (Å²) in [4.78, 5) is 0. The van der Waals surface area contributed by atoms with E-state index in [1.807, 2.05) is 32.9 Å². The fraction of sp³-hybridized carbons (Fsp3) is 0.636. The SMILES string of the molecule is C/C=C(OCCO)\C(=C/CC)OCC. The van der Waals surface area contributed by atoms with Crippen molar-refractivity contribution in [1.29, 1.82) is 0 Å². The Morgan fingerprint density at radius 3 is 2.36 bits per heavy atom. The van der Waals surface area contributed by atoms with Gasteiger partial charge >= 0.3 is 0 Å². The van der Waals surface area contributed by atoms with E-state index in [9.17, 15) is 0 Å². The van der Waals surface area contributed by atoms with Gasteiger partial charge in [-0.3, -0.25) is 0 Å². The molecule has 0 bridgehead atoms. The summed E-state index contributed by atoms with van der Waals surface area (Å²) in [6.07, 6.45) is 4.71. The van der Waals surface area contributed by atoms with Gasteiger partial charge in [-0.1, -0.05) is 6.92 Å². The van der Waals surface area contributed by atoms with Crippen LogP contribution in [0.5, 0.6) is 0 Å². The molecule has 0 unspecified atom stereocenters. The molecule has 0 aliphatic rings. The quantitative estimate of drug-likeness (QED) is 0.506. The van der Waals surface area contributed by atoms with Crippen molar-refractivity contribution in [3.63, 3.8) is 0 Å². The van der Waals surface area contributed by atoms with Crippen molar-refractivity contribution in [2.24, 2.45) is 0 Å². The zero-order chi connectivity index (χ0) is 10.8. The molecule has 0 saturated heterocycles. The molecule has 82 valence electrons. The first-order valence-corrected chi connectivity index (χ1v) is 5.03. The van der Waals surface area contributed by atoms with Gasteiger partial charge in [-0.15, -0.1) is 0 Å². The van der Waals surface area contributed by atoms with Crippen LogP contribution < -0.4 is 0 Å². The van der Waals surface area contributed by atoms with Gasteiger partial charge in [-0.25, -0.2) is 0 Å². The summed E-state index contributed by atoms with van der Waals surface area (Å²) in [5, 5.41) is 8.64. The Balaban J connectivity index is 4.36. The molecule has 3 nitrogen and oxygen atoms in total. The second-order valence-corrected chi connectivity index (χ2v) is 2.63. The maximum atomic E-state index is 8.64. The molecular weight excluding hydrogens is 180 g/mol. The zero-order valence-corrected chi connectivity index (χ0v) is 9.25. The fourth-order valence-electron chi connectivity index (χ4n) is 1.02. The molecule has 0 saturated carbocycles. The molecule has 0 amide bonds. The molecule has 14 heavy (non-hydrogen) atoms. The number of hydrogen-bond donors (Lipinski definition) is 1. The van der Waals surface area contributed by atoms with Crippen LogP contribution in [0.3, 0.4) is 0 Å². The molecule has 0 radical (unpaired) electrons. The van der Waals surface area contributed by atoms with Crippen molar-refractivity contribution >= 4 is 0 Å². The highest BCUT2D eigenvalue weighted by molar-refractivity contribution is 5.19. The van der Waals surface area contributed by atoms with E-state index in [2.05, 4.69) is 0 Å². The molecule has 0 aromatic heterocycles. The summed E-state index contributed by atoms with van der Waals surface area (Å²) in [6.45, 7) is 6.79. The highest BCUT2D eigenvalue weighted by Crippen LogP contribution is 2.13. The van der Waals surface area contributed by atoms with E-state index >= 15 is 0 Å². The normalized spacial score (nSPS) is 12.9. The topological polar surface area (TPSA) is 38.7 Å². The molecule has 0 rings (SSSR count). The van der Waals surface area contributed by atoms with Crippen LogP contribution in [0.4, 0.5) is 0 Å². The van der Waals surface area contributed by atoms with Gasteiger partial charge in [0.05, 0.1) is 13.2 Å². The predicted octanol–water partition coefficient (Wildman–Crippen LogP) is 2.23. The van der Waals surface area contributed by atoms with Gasteiger partial charge < -0.3 is 14.6 Å². The summed E-state index contributed by atoms with van der Waals surface area (Å²) in [5.74, 6) is 1.45. The van der Waals surface area contributed by atoms with Crippen LogP contribution in [0.25, 0.3) is 0 Å². The van der Waals surface area contributed by atoms with Crippen LogP contribution in [0.1, 0.15) is 27.2 Å². The van der Waals surface area contributed by atoms with E-state index in [1.54, 1.807) is 0 Å². The number of allylic oxidation sites excluding steroid dienone is 2. The molecular formula is C11H20O3. The monoisotopic (exact) mass is 200 g/mol. The molecule has 0 spiro atoms. The van der Waals surface area contributed by atoms with Crippen LogP contribution in [0.15, 0.2) is 23.7 Å². The molecule has 0 aromatic rings. The maximum absolute atomic E-state index is 8.64. The maximum Gasteiger partial charge on any atom is 0.156 e. The van der Waals surface area contributed by atoms with Gasteiger partial charge in [-0.05, 0) is 32.4 Å². The number of aliphatic hydroxyl groups excluding tert-OH is 1. The fourth-order valence-corrected chi connectivity index (χ4v) is 1.02. The minimum atomic E-state index is 0.0167. The first-order valence-electron chi connectivity index (χ1n) is 5.03. The first kappa shape index (κ1) is 13.0. The second kappa shape index (κ2) is 8.63. The van der Waals surface area contributed by atoms with E-state index in [1.165, 1.54) is 0 Å². The van der Waals surface area contributed by atoms with E-state index in [-0.39, 0.29) is 6.61 Å². The van der Waals surface area contributed by atoms with E-state index < -0.39 is 0 Å². The summed E-state index contributed by atoms with van der Waals surface area (Å²) < 4.78 is 10.7. The predicted molar refractivity (Wildman–Crippen MR) is 56.8 cm³/mol. The molecule has 0 aliphatic heterocycles. The standard InChI is InChI=1S/C11H20O3/c1-4-7-11(13-6-3)10(5-2)14-9-8-12/h5,7,12H,4,6,8-9H2,1-3H3/b10-5+,11-7+. The minimum Gasteiger partial charge on any atom is -0.490 e. The third-order valence-corrected chi connectivity index (χ3v) is 1.54. The molecule has 0 aliphatic carbocycles. The van der Waals surface area contributed by atoms with Crippen LogP contribution >= 0.6 is 0 Å². The Kier molecular flexibility index (Phi) is 8.04. The van der Waals surface area contributed by atoms with Crippen molar-refractivity contribution < 1.29 is 14.6 Å². The highest BCUT2D eigenvalue weighted by atomic mass is 16.5. The summed E-state index contributed by atoms with van der Waals surface area (Å²) in [7, 11) is 0. The second-order valence-electron chi connectivity index (χ2n) is 2.63. The molecule has 0 aromatic carbocycles. The van der Waals surface area contributed by atoms with Gasteiger partial charge in [0.25, 0.3) is 0 Å². The highest BCUT2D eigenvalue weighted by Gasteiger charge is 2.05. The summed E-state index contributed by atoms with van der Waals surface area (Å²) in [5.41, 5.74) is 0. The summed E-state index contributed by atoms with van der Waals surface area (Å²) >= 11 is 0. The third-order valence-electron chi connectivity index (χ3n) is 1.54. The average Bonchev–Trinajstić information content (AvgIpc) is 2.19. The lowest BCUT2D eigenvalue weighted by molar-refractivity contribution is 0.121. The van der Waals surface area contributed by atoms with Gasteiger partial charge in [0.2, 0.25) is 0 Å². The Bertz CT molecular complexity index is 195. The van der Waals surface area contributed by atoms with Crippen LogP contribution in [-0.2, 0) is 9.47 Å². The minimum absolute atomic E-state index is 0.0167. The molecule has 1 N–H and O–H groups in total. The Morgan fingerprint density at radius 1 is 1.21 bits per heavy atom. The van der Waals surface area contributed by atoms with Crippen molar-refractivity contribution in [2.45, 2.75) is 27.2 Å². The lowest BCUT2D eigenvalue weighted by Crippen LogP contribution is -2.04. The van der Waals surface area contributed by atoms with Crippen LogP contribution in [-0.4, -0.2) is 24.9 Å². The van der Waals surface area contributed by atoms with E-state index in [0.717, 1.165) is 12.2 Å². The number of aliphatic hydroxyl groups is 1. The molecule has 0 fully saturated rings. The van der Waals surface area contributed by atoms with E-state index in [0.29, 0.717) is 19.0 Å². The lowest BCUT2D eigenvalue weighted by Gasteiger charge is -2.13. The number of ether oxygens (including phenoxy) is 2. The van der Waals surface area contributed by atoms with Crippen LogP contribution in [0.2, 0.25) is 0 Å². The van der Waals surface area contributed by atoms with Crippen molar-refractivity contribution in [2.75, 3.05) is 19.8 Å². The van der Waals surface area contributed by atoms with Crippen molar-refractivity contribution in [1.82, 2.24) is 0 Å². The first-order chi connectivity index (χ1) is 6.79. The summed E-state index contributed by atoms with van der Waals surface area (Å²) in [6, 6.07) is 0. The zero-order valence-electron chi connectivity index (χ0n) is 9.25. The molecule has 3 heteroatoms. The van der Waals surface area contributed by atoms with Crippen molar-refractivity contribution in [3.05, 3.63) is 23.7 Å². The Hall–Kier alpha value is -0.960. The number of rotatable bonds is 7. The average molecular weight is 200 g/mol. The van der Waals surface area contributed by atoms with Gasteiger partial charge in [0.1, 0.15) is 6.61 Å². The van der Waals surface area contributed by atoms with Crippen molar-refractivity contribution in [3.8, 4) is 0 Å². The van der Waals surface area contributed by atoms with Gasteiger partial charge in [-0.2, -0.15) is 0 Å². The largest absolute Gasteiger partial charge is 0.490 e. The third kappa shape index (κ3) is 4.92. The van der Waals surface area contributed by atoms with Crippen LogP contribution in [0, 0.1) is 0 Å². The molecule has 0 atom stereocenters. The molecule has 0 heterocycles. The Morgan fingerprint density at radius 2 is 1.93 bits per heavy atom. The number of hydrogen-bond acceptors (Lipinski definition) is 3.